The Labute approximate surface area is 161 Å². The van der Waals surface area contributed by atoms with E-state index in [0.717, 1.165) is 0 Å². The molecule has 3 aromatic rings. The van der Waals surface area contributed by atoms with Crippen molar-refractivity contribution < 1.29 is 13.2 Å². The van der Waals surface area contributed by atoms with Gasteiger partial charge in [-0.15, -0.1) is 0 Å². The average molecular weight is 408 g/mol. The molecular formula is C19H15Cl2NO3S. The summed E-state index contributed by atoms with van der Waals surface area (Å²) >= 11 is 11.8. The number of carbonyl (C=O) groups is 1. The van der Waals surface area contributed by atoms with Crippen molar-refractivity contribution in [3.63, 3.8) is 0 Å². The number of Topliss-reactive ketones (excluding diaryl/α,β-unsaturated/α-hetero) is 1. The molecule has 0 fully saturated rings. The topological polar surface area (TPSA) is 63.2 Å². The van der Waals surface area contributed by atoms with E-state index in [1.165, 1.54) is 18.2 Å². The number of sulfonamides is 1. The van der Waals surface area contributed by atoms with Crippen molar-refractivity contribution in [1.29, 1.82) is 0 Å². The highest BCUT2D eigenvalue weighted by Gasteiger charge is 2.18. The molecule has 0 atom stereocenters. The molecule has 0 aromatic heterocycles. The monoisotopic (exact) mass is 407 g/mol. The highest BCUT2D eigenvalue weighted by atomic mass is 35.5. The maximum absolute atomic E-state index is 12.7. The van der Waals surface area contributed by atoms with Crippen LogP contribution in [0.5, 0.6) is 0 Å². The SMILES string of the molecule is CCC(=O)c1cccc2c(NS(=O)(=O)c3cc(Cl)cc(Cl)c3)cccc12. The molecule has 0 saturated heterocycles. The lowest BCUT2D eigenvalue weighted by Crippen LogP contribution is -2.13. The van der Waals surface area contributed by atoms with E-state index in [1.54, 1.807) is 43.3 Å². The van der Waals surface area contributed by atoms with Crippen molar-refractivity contribution in [1.82, 2.24) is 0 Å². The molecule has 0 unspecified atom stereocenters. The third-order valence-corrected chi connectivity index (χ3v) is 5.72. The van der Waals surface area contributed by atoms with Crippen LogP contribution in [0.2, 0.25) is 10.0 Å². The highest BCUT2D eigenvalue weighted by molar-refractivity contribution is 7.92. The number of ketones is 1. The molecule has 7 heteroatoms. The smallest absolute Gasteiger partial charge is 0.262 e. The van der Waals surface area contributed by atoms with E-state index in [2.05, 4.69) is 4.72 Å². The lowest BCUT2D eigenvalue weighted by atomic mass is 9.99. The van der Waals surface area contributed by atoms with E-state index in [4.69, 9.17) is 23.2 Å². The van der Waals surface area contributed by atoms with Gasteiger partial charge in [0.2, 0.25) is 0 Å². The molecule has 0 amide bonds. The fraction of sp³-hybridized carbons (Fsp3) is 0.105. The van der Waals surface area contributed by atoms with Crippen LogP contribution in [-0.2, 0) is 10.0 Å². The number of rotatable bonds is 5. The lowest BCUT2D eigenvalue weighted by molar-refractivity contribution is 0.0989. The van der Waals surface area contributed by atoms with Crippen molar-refractivity contribution in [2.45, 2.75) is 18.2 Å². The van der Waals surface area contributed by atoms with Gasteiger partial charge in [-0.3, -0.25) is 9.52 Å². The van der Waals surface area contributed by atoms with Crippen LogP contribution in [0.3, 0.4) is 0 Å². The predicted molar refractivity (Wildman–Crippen MR) is 106 cm³/mol. The van der Waals surface area contributed by atoms with Gasteiger partial charge in [-0.25, -0.2) is 8.42 Å². The van der Waals surface area contributed by atoms with Crippen LogP contribution >= 0.6 is 23.2 Å². The zero-order valence-electron chi connectivity index (χ0n) is 13.8. The minimum absolute atomic E-state index is 0.00256. The Morgan fingerprint density at radius 2 is 1.58 bits per heavy atom. The summed E-state index contributed by atoms with van der Waals surface area (Å²) in [7, 11) is -3.89. The van der Waals surface area contributed by atoms with E-state index >= 15 is 0 Å². The first-order chi connectivity index (χ1) is 12.3. The second kappa shape index (κ2) is 7.27. The van der Waals surface area contributed by atoms with E-state index in [0.29, 0.717) is 28.4 Å². The summed E-state index contributed by atoms with van der Waals surface area (Å²) in [6.45, 7) is 1.79. The first-order valence-electron chi connectivity index (χ1n) is 7.85. The van der Waals surface area contributed by atoms with E-state index in [9.17, 15) is 13.2 Å². The minimum atomic E-state index is -3.89. The molecule has 0 aliphatic carbocycles. The van der Waals surface area contributed by atoms with E-state index in [-0.39, 0.29) is 20.7 Å². The molecule has 1 N–H and O–H groups in total. The summed E-state index contributed by atoms with van der Waals surface area (Å²) < 4.78 is 28.0. The quantitative estimate of drug-likeness (QED) is 0.564. The summed E-state index contributed by atoms with van der Waals surface area (Å²) in [5, 5.41) is 1.80. The zero-order chi connectivity index (χ0) is 18.9. The summed E-state index contributed by atoms with van der Waals surface area (Å²) in [5.41, 5.74) is 0.946. The number of halogens is 2. The Hall–Kier alpha value is -2.08. The summed E-state index contributed by atoms with van der Waals surface area (Å²) in [6.07, 6.45) is 0.371. The van der Waals surface area contributed by atoms with Gasteiger partial charge in [0.1, 0.15) is 0 Å². The predicted octanol–water partition coefficient (Wildman–Crippen LogP) is 5.54. The Balaban J connectivity index is 2.10. The highest BCUT2D eigenvalue weighted by Crippen LogP contribution is 2.30. The standard InChI is InChI=1S/C19H15Cl2NO3S/c1-2-19(23)17-7-3-6-16-15(17)5-4-8-18(16)22-26(24,25)14-10-12(20)9-13(21)11-14/h3-11,22H,2H2,1H3. The van der Waals surface area contributed by atoms with Crippen LogP contribution < -0.4 is 4.72 Å². The fourth-order valence-corrected chi connectivity index (χ4v) is 4.52. The van der Waals surface area contributed by atoms with Gasteiger partial charge < -0.3 is 0 Å². The Bertz CT molecular complexity index is 1090. The molecule has 26 heavy (non-hydrogen) atoms. The van der Waals surface area contributed by atoms with Crippen molar-refractivity contribution in [3.05, 3.63) is 70.2 Å². The zero-order valence-corrected chi connectivity index (χ0v) is 16.1. The fourth-order valence-electron chi connectivity index (χ4n) is 2.72. The molecule has 0 aliphatic heterocycles. The van der Waals surface area contributed by atoms with Gasteiger partial charge in [-0.05, 0) is 29.7 Å². The second-order valence-corrected chi connectivity index (χ2v) is 8.25. The third kappa shape index (κ3) is 3.70. The van der Waals surface area contributed by atoms with Crippen LogP contribution in [0.15, 0.2) is 59.5 Å². The van der Waals surface area contributed by atoms with Crippen molar-refractivity contribution >= 4 is 55.5 Å². The van der Waals surface area contributed by atoms with Crippen molar-refractivity contribution in [2.24, 2.45) is 0 Å². The van der Waals surface area contributed by atoms with Crippen molar-refractivity contribution in [2.75, 3.05) is 4.72 Å². The molecule has 0 saturated carbocycles. The number of anilines is 1. The Kier molecular flexibility index (Phi) is 5.23. The third-order valence-electron chi connectivity index (χ3n) is 3.93. The number of carbonyl (C=O) groups excluding carboxylic acids is 1. The molecule has 3 aromatic carbocycles. The largest absolute Gasteiger partial charge is 0.294 e. The lowest BCUT2D eigenvalue weighted by Gasteiger charge is -2.13. The first kappa shape index (κ1) is 18.7. The van der Waals surface area contributed by atoms with Crippen LogP contribution in [0.1, 0.15) is 23.7 Å². The summed E-state index contributed by atoms with van der Waals surface area (Å²) in [4.78, 5) is 12.1. The van der Waals surface area contributed by atoms with Gasteiger partial charge in [0.05, 0.1) is 10.6 Å². The molecule has 0 spiro atoms. The van der Waals surface area contributed by atoms with Gasteiger partial charge in [0, 0.05) is 27.4 Å². The number of hydrogen-bond donors (Lipinski definition) is 1. The van der Waals surface area contributed by atoms with Crippen LogP contribution in [0.4, 0.5) is 5.69 Å². The molecule has 0 heterocycles. The first-order valence-corrected chi connectivity index (χ1v) is 10.1. The molecule has 0 aliphatic rings. The maximum Gasteiger partial charge on any atom is 0.262 e. The molecule has 134 valence electrons. The van der Waals surface area contributed by atoms with Crippen LogP contribution in [0, 0.1) is 0 Å². The van der Waals surface area contributed by atoms with Crippen LogP contribution in [0.25, 0.3) is 10.8 Å². The molecule has 3 rings (SSSR count). The van der Waals surface area contributed by atoms with Gasteiger partial charge in [0.25, 0.3) is 10.0 Å². The number of benzene rings is 3. The molecule has 4 nitrogen and oxygen atoms in total. The maximum atomic E-state index is 12.7. The number of hydrogen-bond acceptors (Lipinski definition) is 3. The minimum Gasteiger partial charge on any atom is -0.294 e. The number of fused-ring (bicyclic) bond motifs is 1. The second-order valence-electron chi connectivity index (χ2n) is 5.69. The Morgan fingerprint density at radius 1 is 0.962 bits per heavy atom. The van der Waals surface area contributed by atoms with Gasteiger partial charge in [-0.1, -0.05) is 60.5 Å². The Morgan fingerprint density at radius 3 is 2.23 bits per heavy atom. The summed E-state index contributed by atoms with van der Waals surface area (Å²) in [5.74, 6) is -0.00256. The number of nitrogens with one attached hydrogen (secondary N) is 1. The van der Waals surface area contributed by atoms with Gasteiger partial charge in [-0.2, -0.15) is 0 Å². The van der Waals surface area contributed by atoms with Gasteiger partial charge >= 0.3 is 0 Å². The van der Waals surface area contributed by atoms with E-state index in [1.807, 2.05) is 0 Å². The molecular weight excluding hydrogens is 393 g/mol. The molecule has 0 radical (unpaired) electrons. The van der Waals surface area contributed by atoms with E-state index < -0.39 is 10.0 Å². The van der Waals surface area contributed by atoms with Gasteiger partial charge in [0.15, 0.2) is 5.78 Å². The molecule has 0 bridgehead atoms. The van der Waals surface area contributed by atoms with Crippen LogP contribution in [-0.4, -0.2) is 14.2 Å². The average Bonchev–Trinajstić information content (AvgIpc) is 2.60. The normalized spacial score (nSPS) is 11.5. The van der Waals surface area contributed by atoms with Crippen molar-refractivity contribution in [3.8, 4) is 0 Å². The summed E-state index contributed by atoms with van der Waals surface area (Å²) in [6, 6.07) is 14.5.